The maximum absolute atomic E-state index is 12.2. The highest BCUT2D eigenvalue weighted by Crippen LogP contribution is 2.12. The van der Waals surface area contributed by atoms with Crippen molar-refractivity contribution in [2.75, 3.05) is 13.1 Å². The number of aromatic nitrogens is 1. The number of carbonyl (C=O) groups excluding carboxylic acids is 1. The SMILES string of the molecule is CC(C)CN(CCC#N)C(=O)c1cncc(O)c1. The maximum atomic E-state index is 12.2. The quantitative estimate of drug-likeness (QED) is 0.860. The highest BCUT2D eigenvalue weighted by Gasteiger charge is 2.17. The van der Waals surface area contributed by atoms with E-state index in [1.165, 1.54) is 18.5 Å². The molecule has 5 nitrogen and oxygen atoms in total. The van der Waals surface area contributed by atoms with Gasteiger partial charge >= 0.3 is 0 Å². The van der Waals surface area contributed by atoms with Gasteiger partial charge in [-0.05, 0) is 12.0 Å². The lowest BCUT2D eigenvalue weighted by molar-refractivity contribution is 0.0739. The summed E-state index contributed by atoms with van der Waals surface area (Å²) < 4.78 is 0. The molecule has 0 unspecified atom stereocenters. The molecule has 0 saturated carbocycles. The van der Waals surface area contributed by atoms with Gasteiger partial charge in [0.15, 0.2) is 0 Å². The summed E-state index contributed by atoms with van der Waals surface area (Å²) in [6, 6.07) is 3.41. The summed E-state index contributed by atoms with van der Waals surface area (Å²) in [5.74, 6) is 0.0749. The lowest BCUT2D eigenvalue weighted by atomic mass is 10.1. The summed E-state index contributed by atoms with van der Waals surface area (Å²) in [4.78, 5) is 17.6. The van der Waals surface area contributed by atoms with Gasteiger partial charge in [0.05, 0.1) is 24.3 Å². The highest BCUT2D eigenvalue weighted by atomic mass is 16.3. The van der Waals surface area contributed by atoms with Gasteiger partial charge in [-0.1, -0.05) is 13.8 Å². The summed E-state index contributed by atoms with van der Waals surface area (Å²) in [5, 5.41) is 17.9. The Bertz CT molecular complexity index is 452. The zero-order valence-corrected chi connectivity index (χ0v) is 10.6. The van der Waals surface area contributed by atoms with Crippen molar-refractivity contribution in [3.05, 3.63) is 24.0 Å². The van der Waals surface area contributed by atoms with Gasteiger partial charge in [-0.25, -0.2) is 0 Å². The predicted octanol–water partition coefficient (Wildman–Crippen LogP) is 1.80. The van der Waals surface area contributed by atoms with Crippen LogP contribution in [-0.2, 0) is 0 Å². The molecular formula is C13H17N3O2. The van der Waals surface area contributed by atoms with E-state index >= 15 is 0 Å². The molecular weight excluding hydrogens is 230 g/mol. The largest absolute Gasteiger partial charge is 0.506 e. The topological polar surface area (TPSA) is 77.2 Å². The van der Waals surface area contributed by atoms with Crippen LogP contribution >= 0.6 is 0 Å². The number of hydrogen-bond donors (Lipinski definition) is 1. The second-order valence-corrected chi connectivity index (χ2v) is 4.48. The van der Waals surface area contributed by atoms with Gasteiger partial charge in [-0.15, -0.1) is 0 Å². The first-order valence-electron chi connectivity index (χ1n) is 5.85. The van der Waals surface area contributed by atoms with Crippen molar-refractivity contribution in [1.29, 1.82) is 5.26 Å². The van der Waals surface area contributed by atoms with Crippen LogP contribution in [0.15, 0.2) is 18.5 Å². The number of nitriles is 1. The number of rotatable bonds is 5. The van der Waals surface area contributed by atoms with Crippen molar-refractivity contribution in [2.45, 2.75) is 20.3 Å². The Labute approximate surface area is 107 Å². The third kappa shape index (κ3) is 4.06. The molecule has 0 aromatic carbocycles. The number of amides is 1. The van der Waals surface area contributed by atoms with Crippen LogP contribution in [0, 0.1) is 17.2 Å². The first-order valence-corrected chi connectivity index (χ1v) is 5.85. The Morgan fingerprint density at radius 1 is 1.56 bits per heavy atom. The second kappa shape index (κ2) is 6.60. The molecule has 1 amide bonds. The molecule has 1 N–H and O–H groups in total. The Kier molecular flexibility index (Phi) is 5.12. The van der Waals surface area contributed by atoms with Crippen LogP contribution in [0.3, 0.4) is 0 Å². The van der Waals surface area contributed by atoms with E-state index in [4.69, 9.17) is 5.26 Å². The van der Waals surface area contributed by atoms with E-state index in [-0.39, 0.29) is 11.7 Å². The van der Waals surface area contributed by atoms with E-state index in [1.54, 1.807) is 4.90 Å². The molecule has 0 atom stereocenters. The van der Waals surface area contributed by atoms with Crippen molar-refractivity contribution in [3.63, 3.8) is 0 Å². The minimum Gasteiger partial charge on any atom is -0.506 e. The molecule has 0 spiro atoms. The number of pyridine rings is 1. The number of carbonyl (C=O) groups is 1. The average molecular weight is 247 g/mol. The summed E-state index contributed by atoms with van der Waals surface area (Å²) >= 11 is 0. The van der Waals surface area contributed by atoms with Gasteiger partial charge in [0, 0.05) is 19.3 Å². The molecule has 96 valence electrons. The zero-order valence-electron chi connectivity index (χ0n) is 10.6. The standard InChI is InChI=1S/C13H17N3O2/c1-10(2)9-16(5-3-4-14)13(18)11-6-12(17)8-15-7-11/h6-8,10,17H,3,5,9H2,1-2H3. The minimum atomic E-state index is -0.206. The van der Waals surface area contributed by atoms with Crippen LogP contribution in [0.25, 0.3) is 0 Å². The van der Waals surface area contributed by atoms with E-state index in [1.807, 2.05) is 19.9 Å². The molecule has 0 saturated heterocycles. The molecule has 0 fully saturated rings. The predicted molar refractivity (Wildman–Crippen MR) is 66.9 cm³/mol. The van der Waals surface area contributed by atoms with E-state index in [0.29, 0.717) is 31.0 Å². The molecule has 18 heavy (non-hydrogen) atoms. The smallest absolute Gasteiger partial charge is 0.255 e. The fourth-order valence-electron chi connectivity index (χ4n) is 1.63. The first-order chi connectivity index (χ1) is 8.54. The first kappa shape index (κ1) is 14.0. The van der Waals surface area contributed by atoms with Crippen LogP contribution in [0.1, 0.15) is 30.6 Å². The number of hydrogen-bond acceptors (Lipinski definition) is 4. The normalized spacial score (nSPS) is 10.1. The van der Waals surface area contributed by atoms with Crippen molar-refractivity contribution < 1.29 is 9.90 Å². The van der Waals surface area contributed by atoms with Crippen molar-refractivity contribution in [3.8, 4) is 11.8 Å². The lowest BCUT2D eigenvalue weighted by Gasteiger charge is -2.23. The fourth-order valence-corrected chi connectivity index (χ4v) is 1.63. The Hall–Kier alpha value is -2.09. The summed E-state index contributed by atoms with van der Waals surface area (Å²) in [6.45, 7) is 4.99. The van der Waals surface area contributed by atoms with E-state index in [0.717, 1.165) is 0 Å². The van der Waals surface area contributed by atoms with Gasteiger partial charge < -0.3 is 10.0 Å². The molecule has 1 aromatic rings. The van der Waals surface area contributed by atoms with Crippen molar-refractivity contribution in [2.24, 2.45) is 5.92 Å². The average Bonchev–Trinajstić information content (AvgIpc) is 2.33. The van der Waals surface area contributed by atoms with Gasteiger partial charge in [0.25, 0.3) is 5.91 Å². The van der Waals surface area contributed by atoms with E-state index in [9.17, 15) is 9.90 Å². The van der Waals surface area contributed by atoms with Crippen LogP contribution in [0.5, 0.6) is 5.75 Å². The summed E-state index contributed by atoms with van der Waals surface area (Å²) in [7, 11) is 0. The van der Waals surface area contributed by atoms with Crippen molar-refractivity contribution in [1.82, 2.24) is 9.88 Å². The molecule has 1 heterocycles. The van der Waals surface area contributed by atoms with Crippen LogP contribution < -0.4 is 0 Å². The molecule has 0 bridgehead atoms. The van der Waals surface area contributed by atoms with Gasteiger partial charge in [0.2, 0.25) is 0 Å². The Balaban J connectivity index is 2.84. The number of nitrogens with zero attached hydrogens (tertiary/aromatic N) is 3. The molecule has 0 aliphatic rings. The molecule has 0 radical (unpaired) electrons. The fraction of sp³-hybridized carbons (Fsp3) is 0.462. The van der Waals surface area contributed by atoms with Crippen LogP contribution in [0.2, 0.25) is 0 Å². The van der Waals surface area contributed by atoms with Crippen molar-refractivity contribution >= 4 is 5.91 Å². The van der Waals surface area contributed by atoms with E-state index < -0.39 is 0 Å². The third-order valence-corrected chi connectivity index (χ3v) is 2.34. The van der Waals surface area contributed by atoms with Crippen LogP contribution in [0.4, 0.5) is 0 Å². The summed E-state index contributed by atoms with van der Waals surface area (Å²) in [5.41, 5.74) is 0.341. The Morgan fingerprint density at radius 2 is 2.28 bits per heavy atom. The monoisotopic (exact) mass is 247 g/mol. The minimum absolute atomic E-state index is 0.0365. The highest BCUT2D eigenvalue weighted by molar-refractivity contribution is 5.94. The molecule has 0 aliphatic heterocycles. The Morgan fingerprint density at radius 3 is 2.83 bits per heavy atom. The number of aromatic hydroxyl groups is 1. The lowest BCUT2D eigenvalue weighted by Crippen LogP contribution is -2.35. The second-order valence-electron chi connectivity index (χ2n) is 4.48. The molecule has 0 aliphatic carbocycles. The van der Waals surface area contributed by atoms with Gasteiger partial charge in [-0.2, -0.15) is 5.26 Å². The molecule has 1 rings (SSSR count). The van der Waals surface area contributed by atoms with E-state index in [2.05, 4.69) is 4.98 Å². The zero-order chi connectivity index (χ0) is 13.5. The summed E-state index contributed by atoms with van der Waals surface area (Å²) in [6.07, 6.45) is 2.99. The van der Waals surface area contributed by atoms with Gasteiger partial charge in [-0.3, -0.25) is 9.78 Å². The molecule has 5 heteroatoms. The molecule has 1 aromatic heterocycles. The third-order valence-electron chi connectivity index (χ3n) is 2.34. The maximum Gasteiger partial charge on any atom is 0.255 e. The van der Waals surface area contributed by atoms with Crippen LogP contribution in [-0.4, -0.2) is 34.0 Å². The van der Waals surface area contributed by atoms with Gasteiger partial charge in [0.1, 0.15) is 5.75 Å².